The van der Waals surface area contributed by atoms with E-state index in [0.29, 0.717) is 27.7 Å². The smallest absolute Gasteiger partial charge is 0.267 e. The Kier molecular flexibility index (Phi) is 6.53. The highest BCUT2D eigenvalue weighted by Crippen LogP contribution is 2.40. The minimum absolute atomic E-state index is 0.0845. The molecule has 3 N–H and O–H groups in total. The van der Waals surface area contributed by atoms with Gasteiger partial charge in [-0.2, -0.15) is 0 Å². The van der Waals surface area contributed by atoms with Crippen LogP contribution in [0.3, 0.4) is 0 Å². The maximum Gasteiger partial charge on any atom is 0.267 e. The molecule has 7 heteroatoms. The lowest BCUT2D eigenvalue weighted by Gasteiger charge is -2.34. The summed E-state index contributed by atoms with van der Waals surface area (Å²) >= 11 is 2.91. The van der Waals surface area contributed by atoms with E-state index in [0.717, 1.165) is 40.1 Å². The average molecular weight is 516 g/mol. The summed E-state index contributed by atoms with van der Waals surface area (Å²) in [4.78, 5) is 32.7. The summed E-state index contributed by atoms with van der Waals surface area (Å²) in [6.07, 6.45) is 6.45. The first kappa shape index (κ1) is 24.4. The van der Waals surface area contributed by atoms with Gasteiger partial charge in [-0.3, -0.25) is 9.59 Å². The lowest BCUT2D eigenvalue weighted by Crippen LogP contribution is -2.27. The third-order valence-corrected chi connectivity index (χ3v) is 8.84. The molecule has 1 aliphatic rings. The molecular formula is C29H29N3O2S2. The van der Waals surface area contributed by atoms with Gasteiger partial charge in [-0.05, 0) is 90.1 Å². The summed E-state index contributed by atoms with van der Waals surface area (Å²) in [7, 11) is 0. The molecule has 184 valence electrons. The average Bonchev–Trinajstić information content (AvgIpc) is 3.49. The molecule has 1 amide bonds. The number of aromatic nitrogens is 1. The number of fused-ring (bicyclic) bond motifs is 2. The van der Waals surface area contributed by atoms with Crippen LogP contribution in [-0.4, -0.2) is 16.7 Å². The standard InChI is InChI=1S/C29H29N3O2S2/c1-29(2,3)19-8-12-23-18(15-19)16-22-25(30)26(36-28(22)32-23)27(34)31-20-9-6-17(7-10-20)24(33)13-11-21-5-4-14-35-21/h4-7,9-11,13-14,16,19H,8,12,15,30H2,1-3H3,(H,31,34)/b13-11+/t19-/m0/s1. The molecule has 5 nitrogen and oxygen atoms in total. The number of nitrogens with zero attached hydrogens (tertiary/aromatic N) is 1. The van der Waals surface area contributed by atoms with Crippen LogP contribution in [0.1, 0.15) is 63.4 Å². The third-order valence-electron chi connectivity index (χ3n) is 6.89. The number of rotatable bonds is 5. The molecule has 3 aromatic heterocycles. The van der Waals surface area contributed by atoms with Crippen LogP contribution in [0.25, 0.3) is 16.3 Å². The van der Waals surface area contributed by atoms with Gasteiger partial charge in [0.1, 0.15) is 9.71 Å². The number of allylic oxidation sites excluding steroid dienone is 1. The van der Waals surface area contributed by atoms with Crippen molar-refractivity contribution >= 4 is 62.0 Å². The molecule has 0 bridgehead atoms. The molecule has 1 aromatic carbocycles. The highest BCUT2D eigenvalue weighted by Gasteiger charge is 2.30. The van der Waals surface area contributed by atoms with Crippen molar-refractivity contribution in [1.29, 1.82) is 0 Å². The maximum absolute atomic E-state index is 13.1. The Morgan fingerprint density at radius 2 is 1.94 bits per heavy atom. The van der Waals surface area contributed by atoms with Crippen LogP contribution < -0.4 is 11.1 Å². The summed E-state index contributed by atoms with van der Waals surface area (Å²) in [5, 5.41) is 5.74. The largest absolute Gasteiger partial charge is 0.397 e. The summed E-state index contributed by atoms with van der Waals surface area (Å²) in [5.41, 5.74) is 10.7. The SMILES string of the molecule is CC(C)(C)[C@H]1CCc2nc3sc(C(=O)Nc4ccc(C(=O)/C=C/c5cccs5)cc4)c(N)c3cc2C1. The lowest BCUT2D eigenvalue weighted by molar-refractivity contribution is 0.102. The highest BCUT2D eigenvalue weighted by atomic mass is 32.1. The molecule has 5 rings (SSSR count). The molecule has 36 heavy (non-hydrogen) atoms. The number of pyridine rings is 1. The Bertz CT molecular complexity index is 1460. The molecule has 3 heterocycles. The zero-order chi connectivity index (χ0) is 25.4. The molecule has 0 saturated carbocycles. The molecule has 0 unspecified atom stereocenters. The van der Waals surface area contributed by atoms with E-state index in [1.54, 1.807) is 41.7 Å². The van der Waals surface area contributed by atoms with Crippen LogP contribution in [-0.2, 0) is 12.8 Å². The number of ketones is 1. The zero-order valence-corrected chi connectivity index (χ0v) is 22.3. The quantitative estimate of drug-likeness (QED) is 0.217. The Morgan fingerprint density at radius 1 is 1.17 bits per heavy atom. The molecule has 1 atom stereocenters. The zero-order valence-electron chi connectivity index (χ0n) is 20.6. The molecule has 0 radical (unpaired) electrons. The number of amides is 1. The predicted molar refractivity (Wildman–Crippen MR) is 151 cm³/mol. The normalized spacial score (nSPS) is 15.8. The van der Waals surface area contributed by atoms with Gasteiger partial charge >= 0.3 is 0 Å². The first-order chi connectivity index (χ1) is 17.2. The fraction of sp³-hybridized carbons (Fsp3) is 0.276. The van der Waals surface area contributed by atoms with E-state index in [1.807, 2.05) is 23.6 Å². The van der Waals surface area contributed by atoms with Crippen LogP contribution in [0.5, 0.6) is 0 Å². The van der Waals surface area contributed by atoms with Gasteiger partial charge in [-0.15, -0.1) is 22.7 Å². The van der Waals surface area contributed by atoms with Gasteiger partial charge in [0, 0.05) is 27.2 Å². The van der Waals surface area contributed by atoms with Gasteiger partial charge in [0.05, 0.1) is 5.69 Å². The number of carbonyl (C=O) groups excluding carboxylic acids is 2. The highest BCUT2D eigenvalue weighted by molar-refractivity contribution is 7.21. The van der Waals surface area contributed by atoms with Crippen molar-refractivity contribution in [1.82, 2.24) is 4.98 Å². The fourth-order valence-corrected chi connectivity index (χ4v) is 6.25. The molecule has 0 spiro atoms. The number of anilines is 2. The van der Waals surface area contributed by atoms with Crippen LogP contribution in [0.2, 0.25) is 0 Å². The second-order valence-electron chi connectivity index (χ2n) is 10.3. The Hall–Kier alpha value is -3.29. The maximum atomic E-state index is 13.1. The van der Waals surface area contributed by atoms with Crippen molar-refractivity contribution < 1.29 is 9.59 Å². The van der Waals surface area contributed by atoms with E-state index < -0.39 is 0 Å². The van der Waals surface area contributed by atoms with Gasteiger partial charge in [0.25, 0.3) is 5.91 Å². The summed E-state index contributed by atoms with van der Waals surface area (Å²) < 4.78 is 0. The van der Waals surface area contributed by atoms with Crippen LogP contribution in [0.15, 0.2) is 53.9 Å². The summed E-state index contributed by atoms with van der Waals surface area (Å²) in [6.45, 7) is 6.88. The number of hydrogen-bond donors (Lipinski definition) is 2. The Labute approximate surface area is 219 Å². The number of aryl methyl sites for hydroxylation is 1. The summed E-state index contributed by atoms with van der Waals surface area (Å²) in [5.74, 6) is 0.254. The van der Waals surface area contributed by atoms with Crippen LogP contribution >= 0.6 is 22.7 Å². The van der Waals surface area contributed by atoms with Gasteiger partial charge < -0.3 is 11.1 Å². The fourth-order valence-electron chi connectivity index (χ4n) is 4.64. The summed E-state index contributed by atoms with van der Waals surface area (Å²) in [6, 6.07) is 12.9. The number of thiophene rings is 2. The Morgan fingerprint density at radius 3 is 2.64 bits per heavy atom. The van der Waals surface area contributed by atoms with Gasteiger partial charge in [0.2, 0.25) is 0 Å². The van der Waals surface area contributed by atoms with E-state index in [4.69, 9.17) is 10.7 Å². The van der Waals surface area contributed by atoms with Crippen molar-refractivity contribution in [3.05, 3.63) is 80.5 Å². The van der Waals surface area contributed by atoms with Crippen LogP contribution in [0.4, 0.5) is 11.4 Å². The predicted octanol–water partition coefficient (Wildman–Crippen LogP) is 7.24. The second kappa shape index (κ2) is 9.64. The third kappa shape index (κ3) is 4.99. The van der Waals surface area contributed by atoms with Crippen molar-refractivity contribution in [2.45, 2.75) is 40.0 Å². The number of nitrogen functional groups attached to an aromatic ring is 1. The number of carbonyl (C=O) groups is 2. The van der Waals surface area contributed by atoms with E-state index in [2.05, 4.69) is 32.2 Å². The molecule has 4 aromatic rings. The number of nitrogens with one attached hydrogen (secondary N) is 1. The molecule has 1 aliphatic carbocycles. The lowest BCUT2D eigenvalue weighted by atomic mass is 9.71. The van der Waals surface area contributed by atoms with E-state index in [1.165, 1.54) is 16.9 Å². The van der Waals surface area contributed by atoms with Gasteiger partial charge in [-0.1, -0.05) is 26.8 Å². The van der Waals surface area contributed by atoms with E-state index >= 15 is 0 Å². The first-order valence-corrected chi connectivity index (χ1v) is 13.8. The topological polar surface area (TPSA) is 85.1 Å². The van der Waals surface area contributed by atoms with Gasteiger partial charge in [-0.25, -0.2) is 4.98 Å². The minimum Gasteiger partial charge on any atom is -0.397 e. The van der Waals surface area contributed by atoms with Crippen molar-refractivity contribution in [2.75, 3.05) is 11.1 Å². The molecule has 0 saturated heterocycles. The monoisotopic (exact) mass is 515 g/mol. The molecular weight excluding hydrogens is 486 g/mol. The van der Waals surface area contributed by atoms with Crippen molar-refractivity contribution in [3.8, 4) is 0 Å². The van der Waals surface area contributed by atoms with Gasteiger partial charge in [0.15, 0.2) is 5.78 Å². The van der Waals surface area contributed by atoms with E-state index in [9.17, 15) is 9.59 Å². The molecule has 0 aliphatic heterocycles. The number of nitrogens with two attached hydrogens (primary N) is 1. The van der Waals surface area contributed by atoms with Crippen molar-refractivity contribution in [2.24, 2.45) is 11.3 Å². The van der Waals surface area contributed by atoms with Crippen molar-refractivity contribution in [3.63, 3.8) is 0 Å². The van der Waals surface area contributed by atoms with Crippen LogP contribution in [0, 0.1) is 11.3 Å². The number of hydrogen-bond acceptors (Lipinski definition) is 6. The Balaban J connectivity index is 1.32. The first-order valence-electron chi connectivity index (χ1n) is 12.1. The second-order valence-corrected chi connectivity index (χ2v) is 12.3. The molecule has 0 fully saturated rings. The van der Waals surface area contributed by atoms with E-state index in [-0.39, 0.29) is 17.1 Å². The minimum atomic E-state index is -0.266. The number of benzene rings is 1.